The summed E-state index contributed by atoms with van der Waals surface area (Å²) in [5.41, 5.74) is 10.7. The van der Waals surface area contributed by atoms with Gasteiger partial charge in [-0.1, -0.05) is 72.3 Å². The molecular formula is C24H18N4O. The number of aryl methyl sites for hydroxylation is 1. The van der Waals surface area contributed by atoms with E-state index in [2.05, 4.69) is 5.10 Å². The Kier molecular flexibility index (Phi) is 4.68. The van der Waals surface area contributed by atoms with Gasteiger partial charge in [-0.2, -0.15) is 10.4 Å². The van der Waals surface area contributed by atoms with Crippen molar-refractivity contribution in [1.29, 1.82) is 5.26 Å². The molecule has 3 aromatic carbocycles. The van der Waals surface area contributed by atoms with Crippen LogP contribution in [0, 0.1) is 18.3 Å². The molecule has 4 aromatic rings. The lowest BCUT2D eigenvalue weighted by Crippen LogP contribution is -2.05. The maximum absolute atomic E-state index is 12.9. The molecule has 1 heterocycles. The zero-order valence-corrected chi connectivity index (χ0v) is 15.8. The Morgan fingerprint density at radius 1 is 0.931 bits per heavy atom. The van der Waals surface area contributed by atoms with Crippen LogP contribution in [-0.4, -0.2) is 15.6 Å². The zero-order chi connectivity index (χ0) is 20.4. The summed E-state index contributed by atoms with van der Waals surface area (Å²) in [5, 5.41) is 13.9. The van der Waals surface area contributed by atoms with Gasteiger partial charge in [0, 0.05) is 5.56 Å². The maximum Gasteiger partial charge on any atom is 0.214 e. The van der Waals surface area contributed by atoms with E-state index in [1.807, 2.05) is 79.7 Å². The van der Waals surface area contributed by atoms with Gasteiger partial charge < -0.3 is 5.73 Å². The van der Waals surface area contributed by atoms with Crippen molar-refractivity contribution in [2.75, 3.05) is 5.73 Å². The number of nitrogens with two attached hydrogens (primary N) is 1. The number of anilines is 1. The Bertz CT molecular complexity index is 1220. The SMILES string of the molecule is Cc1ccc(C(=O)c2nn(-c3ccc(-c4ccccc4)cc3)c(N)c2C#N)cc1. The standard InChI is InChI=1S/C24H18N4O/c1-16-7-9-19(10-8-16)23(29)22-21(15-25)24(26)28(27-22)20-13-11-18(12-14-20)17-5-3-2-4-6-17/h2-14H,26H2,1H3. The summed E-state index contributed by atoms with van der Waals surface area (Å²) in [7, 11) is 0. The van der Waals surface area contributed by atoms with Gasteiger partial charge in [0.05, 0.1) is 5.69 Å². The number of hydrogen-bond donors (Lipinski definition) is 1. The van der Waals surface area contributed by atoms with E-state index in [-0.39, 0.29) is 22.9 Å². The van der Waals surface area contributed by atoms with Gasteiger partial charge in [-0.25, -0.2) is 4.68 Å². The van der Waals surface area contributed by atoms with Crippen LogP contribution in [0.1, 0.15) is 27.2 Å². The van der Waals surface area contributed by atoms with Crippen molar-refractivity contribution in [1.82, 2.24) is 9.78 Å². The average molecular weight is 378 g/mol. The largest absolute Gasteiger partial charge is 0.382 e. The summed E-state index contributed by atoms with van der Waals surface area (Å²) < 4.78 is 1.44. The second kappa shape index (κ2) is 7.45. The number of rotatable bonds is 4. The van der Waals surface area contributed by atoms with Crippen LogP contribution < -0.4 is 5.73 Å². The van der Waals surface area contributed by atoms with Crippen LogP contribution in [-0.2, 0) is 0 Å². The molecule has 0 saturated heterocycles. The van der Waals surface area contributed by atoms with Gasteiger partial charge in [0.25, 0.3) is 0 Å². The quantitative estimate of drug-likeness (QED) is 0.529. The van der Waals surface area contributed by atoms with Crippen molar-refractivity contribution >= 4 is 11.6 Å². The highest BCUT2D eigenvalue weighted by Crippen LogP contribution is 2.25. The van der Waals surface area contributed by atoms with Gasteiger partial charge >= 0.3 is 0 Å². The van der Waals surface area contributed by atoms with E-state index in [1.165, 1.54) is 4.68 Å². The number of carbonyl (C=O) groups excluding carboxylic acids is 1. The van der Waals surface area contributed by atoms with Crippen molar-refractivity contribution in [2.24, 2.45) is 0 Å². The molecule has 0 amide bonds. The van der Waals surface area contributed by atoms with Crippen molar-refractivity contribution < 1.29 is 4.79 Å². The number of benzene rings is 3. The summed E-state index contributed by atoms with van der Waals surface area (Å²) in [6.45, 7) is 1.95. The summed E-state index contributed by atoms with van der Waals surface area (Å²) >= 11 is 0. The Balaban J connectivity index is 1.73. The van der Waals surface area contributed by atoms with Gasteiger partial charge in [0.15, 0.2) is 5.69 Å². The van der Waals surface area contributed by atoms with E-state index in [4.69, 9.17) is 5.73 Å². The third kappa shape index (κ3) is 3.40. The molecule has 0 fully saturated rings. The Morgan fingerprint density at radius 2 is 1.55 bits per heavy atom. The molecule has 0 saturated carbocycles. The number of nitrogens with zero attached hydrogens (tertiary/aromatic N) is 3. The molecule has 0 bridgehead atoms. The maximum atomic E-state index is 12.9. The summed E-state index contributed by atoms with van der Waals surface area (Å²) in [5.74, 6) is -0.177. The Morgan fingerprint density at radius 3 is 2.17 bits per heavy atom. The fourth-order valence-corrected chi connectivity index (χ4v) is 3.16. The molecule has 5 nitrogen and oxygen atoms in total. The summed E-state index contributed by atoms with van der Waals surface area (Å²) in [6, 6.07) is 26.8. The molecule has 0 radical (unpaired) electrons. The smallest absolute Gasteiger partial charge is 0.214 e. The number of nitrogen functional groups attached to an aromatic ring is 1. The van der Waals surface area contributed by atoms with Crippen LogP contribution in [0.2, 0.25) is 0 Å². The van der Waals surface area contributed by atoms with E-state index in [9.17, 15) is 10.1 Å². The first kappa shape index (κ1) is 18.2. The van der Waals surface area contributed by atoms with Crippen molar-refractivity contribution in [3.05, 3.63) is 101 Å². The van der Waals surface area contributed by atoms with Crippen LogP contribution in [0.25, 0.3) is 16.8 Å². The molecule has 0 atom stereocenters. The molecule has 2 N–H and O–H groups in total. The second-order valence-electron chi connectivity index (χ2n) is 6.74. The highest BCUT2D eigenvalue weighted by atomic mass is 16.1. The molecule has 0 unspecified atom stereocenters. The molecule has 1 aromatic heterocycles. The molecular weight excluding hydrogens is 360 g/mol. The second-order valence-corrected chi connectivity index (χ2v) is 6.74. The van der Waals surface area contributed by atoms with E-state index < -0.39 is 0 Å². The minimum absolute atomic E-state index is 0.0565. The van der Waals surface area contributed by atoms with Crippen LogP contribution >= 0.6 is 0 Å². The Hall–Kier alpha value is -4.17. The molecule has 140 valence electrons. The monoisotopic (exact) mass is 378 g/mol. The molecule has 5 heteroatoms. The summed E-state index contributed by atoms with van der Waals surface area (Å²) in [6.07, 6.45) is 0. The first-order chi connectivity index (χ1) is 14.1. The molecule has 0 aliphatic rings. The normalized spacial score (nSPS) is 10.5. The van der Waals surface area contributed by atoms with Gasteiger partial charge in [0.1, 0.15) is 17.5 Å². The molecule has 0 spiro atoms. The van der Waals surface area contributed by atoms with Crippen molar-refractivity contribution in [3.63, 3.8) is 0 Å². The lowest BCUT2D eigenvalue weighted by atomic mass is 10.0. The van der Waals surface area contributed by atoms with Crippen LogP contribution in [0.4, 0.5) is 5.82 Å². The minimum Gasteiger partial charge on any atom is -0.382 e. The molecule has 4 rings (SSSR count). The number of ketones is 1. The first-order valence-corrected chi connectivity index (χ1v) is 9.14. The molecule has 29 heavy (non-hydrogen) atoms. The van der Waals surface area contributed by atoms with E-state index in [0.717, 1.165) is 16.7 Å². The third-order valence-electron chi connectivity index (χ3n) is 4.78. The molecule has 0 aliphatic carbocycles. The highest BCUT2D eigenvalue weighted by Gasteiger charge is 2.23. The fraction of sp³-hybridized carbons (Fsp3) is 0.0417. The average Bonchev–Trinajstić information content (AvgIpc) is 3.10. The van der Waals surface area contributed by atoms with Crippen LogP contribution in [0.5, 0.6) is 0 Å². The highest BCUT2D eigenvalue weighted by molar-refractivity contribution is 6.09. The van der Waals surface area contributed by atoms with Gasteiger partial charge in [-0.15, -0.1) is 0 Å². The van der Waals surface area contributed by atoms with Crippen molar-refractivity contribution in [3.8, 4) is 22.9 Å². The van der Waals surface area contributed by atoms with Crippen molar-refractivity contribution in [2.45, 2.75) is 6.92 Å². The molecule has 0 aliphatic heterocycles. The predicted octanol–water partition coefficient (Wildman–Crippen LogP) is 4.53. The Labute approximate surface area is 168 Å². The van der Waals surface area contributed by atoms with Crippen LogP contribution in [0.3, 0.4) is 0 Å². The number of carbonyl (C=O) groups is 1. The van der Waals surface area contributed by atoms with Gasteiger partial charge in [0.2, 0.25) is 5.78 Å². The lowest BCUT2D eigenvalue weighted by molar-refractivity contribution is 0.103. The van der Waals surface area contributed by atoms with E-state index >= 15 is 0 Å². The topological polar surface area (TPSA) is 84.7 Å². The van der Waals surface area contributed by atoms with Crippen LogP contribution in [0.15, 0.2) is 78.9 Å². The number of hydrogen-bond acceptors (Lipinski definition) is 4. The van der Waals surface area contributed by atoms with E-state index in [0.29, 0.717) is 11.3 Å². The third-order valence-corrected chi connectivity index (χ3v) is 4.78. The lowest BCUT2D eigenvalue weighted by Gasteiger charge is -2.06. The predicted molar refractivity (Wildman–Crippen MR) is 113 cm³/mol. The fourth-order valence-electron chi connectivity index (χ4n) is 3.16. The van der Waals surface area contributed by atoms with Gasteiger partial charge in [-0.3, -0.25) is 4.79 Å². The van der Waals surface area contributed by atoms with Gasteiger partial charge in [-0.05, 0) is 30.2 Å². The first-order valence-electron chi connectivity index (χ1n) is 9.14. The zero-order valence-electron chi connectivity index (χ0n) is 15.8. The minimum atomic E-state index is -0.326. The van der Waals surface area contributed by atoms with E-state index in [1.54, 1.807) is 12.1 Å². The number of nitriles is 1. The summed E-state index contributed by atoms with van der Waals surface area (Å²) in [4.78, 5) is 12.9. The number of aromatic nitrogens is 2.